The Hall–Kier alpha value is -2.35. The highest BCUT2D eigenvalue weighted by atomic mass is 19.4. The van der Waals surface area contributed by atoms with E-state index in [1.807, 2.05) is 12.1 Å². The Labute approximate surface area is 133 Å². The minimum atomic E-state index is -4.47. The number of alkyl halides is 3. The topological polar surface area (TPSA) is 36.7 Å². The number of pyridine rings is 1. The Kier molecular flexibility index (Phi) is 4.46. The van der Waals surface area contributed by atoms with Gasteiger partial charge in [0.05, 0.1) is 17.2 Å². The van der Waals surface area contributed by atoms with Crippen molar-refractivity contribution in [1.82, 2.24) is 4.98 Å². The van der Waals surface area contributed by atoms with Gasteiger partial charge in [0, 0.05) is 18.3 Å². The molecule has 0 unspecified atom stereocenters. The minimum absolute atomic E-state index is 0.00167. The van der Waals surface area contributed by atoms with E-state index < -0.39 is 11.7 Å². The van der Waals surface area contributed by atoms with Gasteiger partial charge < -0.3 is 0 Å². The van der Waals surface area contributed by atoms with E-state index >= 15 is 0 Å². The standard InChI is InChI=1S/C18H17F3N2/c1-17(2,3)14-4-5-23-16(10-14)9-12-6-13(11-22)8-15(7-12)18(19,20)21/h4-8,10H,9H2,1-3H3. The predicted molar refractivity (Wildman–Crippen MR) is 81.9 cm³/mol. The maximum absolute atomic E-state index is 12.9. The van der Waals surface area contributed by atoms with Gasteiger partial charge in [-0.2, -0.15) is 18.4 Å². The third kappa shape index (κ3) is 4.32. The molecule has 120 valence electrons. The molecule has 1 aromatic carbocycles. The maximum atomic E-state index is 12.9. The summed E-state index contributed by atoms with van der Waals surface area (Å²) in [5.41, 5.74) is 1.30. The second-order valence-electron chi connectivity index (χ2n) is 6.49. The van der Waals surface area contributed by atoms with E-state index in [1.165, 1.54) is 6.07 Å². The lowest BCUT2D eigenvalue weighted by atomic mass is 9.87. The minimum Gasteiger partial charge on any atom is -0.261 e. The van der Waals surface area contributed by atoms with Crippen molar-refractivity contribution in [2.45, 2.75) is 38.8 Å². The molecular formula is C18H17F3N2. The van der Waals surface area contributed by atoms with E-state index in [2.05, 4.69) is 25.8 Å². The molecule has 5 heteroatoms. The van der Waals surface area contributed by atoms with E-state index in [1.54, 1.807) is 12.3 Å². The average Bonchev–Trinajstić information content (AvgIpc) is 2.45. The van der Waals surface area contributed by atoms with Gasteiger partial charge in [-0.3, -0.25) is 4.98 Å². The van der Waals surface area contributed by atoms with Crippen LogP contribution in [0, 0.1) is 11.3 Å². The number of hydrogen-bond acceptors (Lipinski definition) is 2. The number of aromatic nitrogens is 1. The Bertz CT molecular complexity index is 750. The summed E-state index contributed by atoms with van der Waals surface area (Å²) < 4.78 is 38.8. The zero-order chi connectivity index (χ0) is 17.3. The van der Waals surface area contributed by atoms with E-state index in [-0.39, 0.29) is 17.4 Å². The molecule has 1 heterocycles. The van der Waals surface area contributed by atoms with E-state index in [9.17, 15) is 13.2 Å². The fourth-order valence-electron chi connectivity index (χ4n) is 2.27. The monoisotopic (exact) mass is 318 g/mol. The SMILES string of the molecule is CC(C)(C)c1ccnc(Cc2cc(C#N)cc(C(F)(F)F)c2)c1. The molecule has 0 radical (unpaired) electrons. The lowest BCUT2D eigenvalue weighted by Gasteiger charge is -2.19. The number of halogens is 3. The molecule has 0 amide bonds. The molecule has 2 aromatic rings. The van der Waals surface area contributed by atoms with Crippen molar-refractivity contribution < 1.29 is 13.2 Å². The molecule has 0 fully saturated rings. The normalized spacial score (nSPS) is 12.0. The highest BCUT2D eigenvalue weighted by molar-refractivity contribution is 5.40. The van der Waals surface area contributed by atoms with Crippen LogP contribution in [0.15, 0.2) is 36.5 Å². The van der Waals surface area contributed by atoms with Crippen LogP contribution < -0.4 is 0 Å². The van der Waals surface area contributed by atoms with Crippen LogP contribution in [0.4, 0.5) is 13.2 Å². The highest BCUT2D eigenvalue weighted by Gasteiger charge is 2.31. The maximum Gasteiger partial charge on any atom is 0.416 e. The Morgan fingerprint density at radius 3 is 2.30 bits per heavy atom. The summed E-state index contributed by atoms with van der Waals surface area (Å²) in [6.45, 7) is 6.18. The molecule has 0 saturated heterocycles. The largest absolute Gasteiger partial charge is 0.416 e. The van der Waals surface area contributed by atoms with Crippen LogP contribution in [0.2, 0.25) is 0 Å². The van der Waals surface area contributed by atoms with Crippen LogP contribution >= 0.6 is 0 Å². The summed E-state index contributed by atoms with van der Waals surface area (Å²) in [7, 11) is 0. The van der Waals surface area contributed by atoms with Crippen LogP contribution in [-0.2, 0) is 18.0 Å². The van der Waals surface area contributed by atoms with Crippen LogP contribution in [0.3, 0.4) is 0 Å². The van der Waals surface area contributed by atoms with Crippen molar-refractivity contribution in [2.24, 2.45) is 0 Å². The number of benzene rings is 1. The lowest BCUT2D eigenvalue weighted by molar-refractivity contribution is -0.137. The summed E-state index contributed by atoms with van der Waals surface area (Å²) in [4.78, 5) is 4.23. The Balaban J connectivity index is 2.39. The molecular weight excluding hydrogens is 301 g/mol. The van der Waals surface area contributed by atoms with Gasteiger partial charge in [-0.05, 0) is 46.9 Å². The molecule has 23 heavy (non-hydrogen) atoms. The first-order valence-corrected chi connectivity index (χ1v) is 7.16. The van der Waals surface area contributed by atoms with Gasteiger partial charge in [0.15, 0.2) is 0 Å². The number of hydrogen-bond donors (Lipinski definition) is 0. The third-order valence-electron chi connectivity index (χ3n) is 3.52. The van der Waals surface area contributed by atoms with E-state index in [0.717, 1.165) is 17.7 Å². The molecule has 0 bridgehead atoms. The number of nitrogens with zero attached hydrogens (tertiary/aromatic N) is 2. The molecule has 0 atom stereocenters. The van der Waals surface area contributed by atoms with Crippen molar-refractivity contribution >= 4 is 0 Å². The van der Waals surface area contributed by atoms with Crippen molar-refractivity contribution in [3.8, 4) is 6.07 Å². The first-order chi connectivity index (χ1) is 10.6. The fourth-order valence-corrected chi connectivity index (χ4v) is 2.27. The Morgan fingerprint density at radius 2 is 1.74 bits per heavy atom. The van der Waals surface area contributed by atoms with Crippen LogP contribution in [-0.4, -0.2) is 4.98 Å². The van der Waals surface area contributed by atoms with Crippen molar-refractivity contribution in [1.29, 1.82) is 5.26 Å². The first-order valence-electron chi connectivity index (χ1n) is 7.16. The van der Waals surface area contributed by atoms with Gasteiger partial charge in [-0.1, -0.05) is 20.8 Å². The smallest absolute Gasteiger partial charge is 0.261 e. The molecule has 0 spiro atoms. The summed E-state index contributed by atoms with van der Waals surface area (Å²) in [6.07, 6.45) is -2.56. The zero-order valence-electron chi connectivity index (χ0n) is 13.2. The number of rotatable bonds is 2. The summed E-state index contributed by atoms with van der Waals surface area (Å²) in [5.74, 6) is 0. The zero-order valence-corrected chi connectivity index (χ0v) is 13.2. The molecule has 0 saturated carbocycles. The van der Waals surface area contributed by atoms with Crippen LogP contribution in [0.1, 0.15) is 48.7 Å². The van der Waals surface area contributed by atoms with Crippen molar-refractivity contribution in [3.05, 3.63) is 64.5 Å². The molecule has 0 N–H and O–H groups in total. The van der Waals surface area contributed by atoms with Crippen molar-refractivity contribution in [2.75, 3.05) is 0 Å². The summed E-state index contributed by atoms with van der Waals surface area (Å²) >= 11 is 0. The fraction of sp³-hybridized carbons (Fsp3) is 0.333. The summed E-state index contributed by atoms with van der Waals surface area (Å²) in [6, 6.07) is 8.99. The predicted octanol–water partition coefficient (Wildman–Crippen LogP) is 4.86. The first kappa shape index (κ1) is 17.0. The third-order valence-corrected chi connectivity index (χ3v) is 3.52. The van der Waals surface area contributed by atoms with Gasteiger partial charge >= 0.3 is 6.18 Å². The quantitative estimate of drug-likeness (QED) is 0.793. The lowest BCUT2D eigenvalue weighted by Crippen LogP contribution is -2.12. The van der Waals surface area contributed by atoms with Crippen LogP contribution in [0.5, 0.6) is 0 Å². The van der Waals surface area contributed by atoms with Gasteiger partial charge in [0.25, 0.3) is 0 Å². The van der Waals surface area contributed by atoms with Crippen LogP contribution in [0.25, 0.3) is 0 Å². The van der Waals surface area contributed by atoms with Crippen molar-refractivity contribution in [3.63, 3.8) is 0 Å². The molecule has 0 aliphatic rings. The molecule has 2 nitrogen and oxygen atoms in total. The molecule has 2 rings (SSSR count). The number of nitriles is 1. The van der Waals surface area contributed by atoms with E-state index in [4.69, 9.17) is 5.26 Å². The average molecular weight is 318 g/mol. The van der Waals surface area contributed by atoms with Gasteiger partial charge in [0.2, 0.25) is 0 Å². The second kappa shape index (κ2) is 6.04. The molecule has 0 aliphatic carbocycles. The van der Waals surface area contributed by atoms with Gasteiger partial charge in [0.1, 0.15) is 0 Å². The Morgan fingerprint density at radius 1 is 1.04 bits per heavy atom. The molecule has 0 aliphatic heterocycles. The van der Waals surface area contributed by atoms with E-state index in [0.29, 0.717) is 11.3 Å². The second-order valence-corrected chi connectivity index (χ2v) is 6.49. The molecule has 1 aromatic heterocycles. The van der Waals surface area contributed by atoms with Gasteiger partial charge in [-0.15, -0.1) is 0 Å². The highest BCUT2D eigenvalue weighted by Crippen LogP contribution is 2.31. The van der Waals surface area contributed by atoms with Gasteiger partial charge in [-0.25, -0.2) is 0 Å². The summed E-state index contributed by atoms with van der Waals surface area (Å²) in [5, 5.41) is 8.94.